The Kier molecular flexibility index (Phi) is 3.35. The van der Waals surface area contributed by atoms with E-state index >= 15 is 0 Å². The molecule has 1 aromatic carbocycles. The van der Waals surface area contributed by atoms with Crippen LogP contribution in [0.5, 0.6) is 17.2 Å². The number of ether oxygens (including phenoxy) is 3. The van der Waals surface area contributed by atoms with Gasteiger partial charge < -0.3 is 24.6 Å². The molecule has 0 aliphatic carbocycles. The second-order valence-electron chi connectivity index (χ2n) is 3.61. The van der Waals surface area contributed by atoms with Gasteiger partial charge in [-0.15, -0.1) is 0 Å². The van der Waals surface area contributed by atoms with E-state index in [9.17, 15) is 9.50 Å². The normalized spacial score (nSPS) is 14.8. The summed E-state index contributed by atoms with van der Waals surface area (Å²) in [5.74, 6) is 0.0263. The van der Waals surface area contributed by atoms with Gasteiger partial charge in [-0.2, -0.15) is 0 Å². The third kappa shape index (κ3) is 2.01. The molecular weight excluding hydrogens is 229 g/mol. The number of rotatable bonds is 4. The summed E-state index contributed by atoms with van der Waals surface area (Å²) in [6, 6.07) is 1.19. The number of halogens is 1. The number of hydrogen-bond donors (Lipinski definition) is 2. The first-order chi connectivity index (χ1) is 8.19. The Balaban J connectivity index is 2.53. The summed E-state index contributed by atoms with van der Waals surface area (Å²) in [6.45, 7) is 0.275. The fourth-order valence-electron chi connectivity index (χ4n) is 1.82. The summed E-state index contributed by atoms with van der Waals surface area (Å²) in [7, 11) is 3.03. The zero-order valence-electron chi connectivity index (χ0n) is 9.62. The first kappa shape index (κ1) is 11.9. The number of hydrogen-bond acceptors (Lipinski definition) is 5. The molecule has 0 amide bonds. The van der Waals surface area contributed by atoms with E-state index in [1.54, 1.807) is 7.05 Å². The van der Waals surface area contributed by atoms with Gasteiger partial charge in [0.1, 0.15) is 0 Å². The number of aliphatic hydroxyl groups is 1. The van der Waals surface area contributed by atoms with Gasteiger partial charge in [0.25, 0.3) is 0 Å². The highest BCUT2D eigenvalue weighted by Gasteiger charge is 2.29. The number of likely N-dealkylation sites (N-methyl/N-ethyl adjacent to an activating group) is 1. The average Bonchev–Trinajstić information content (AvgIpc) is 2.74. The third-order valence-electron chi connectivity index (χ3n) is 2.54. The Bertz CT molecular complexity index is 421. The van der Waals surface area contributed by atoms with Crippen molar-refractivity contribution in [1.29, 1.82) is 0 Å². The fourth-order valence-corrected chi connectivity index (χ4v) is 1.82. The maximum atomic E-state index is 13.7. The lowest BCUT2D eigenvalue weighted by molar-refractivity contribution is 0.154. The number of fused-ring (bicyclic) bond motifs is 1. The highest BCUT2D eigenvalue weighted by Crippen LogP contribution is 2.45. The molecule has 2 rings (SSSR count). The summed E-state index contributed by atoms with van der Waals surface area (Å²) < 4.78 is 29.0. The standard InChI is InChI=1S/C11H14FNO4/c1-13-4-7(14)9-10(15-2)6(12)3-8-11(9)17-5-16-8/h3,7,13-14H,4-5H2,1-2H3. The predicted octanol–water partition coefficient (Wildman–Crippen LogP) is 0.816. The lowest BCUT2D eigenvalue weighted by Gasteiger charge is -2.17. The molecule has 0 aromatic heterocycles. The van der Waals surface area contributed by atoms with Crippen LogP contribution in [0.4, 0.5) is 4.39 Å². The minimum atomic E-state index is -0.930. The lowest BCUT2D eigenvalue weighted by Crippen LogP contribution is -2.18. The molecule has 1 aromatic rings. The molecule has 94 valence electrons. The Morgan fingerprint density at radius 3 is 3.00 bits per heavy atom. The van der Waals surface area contributed by atoms with Crippen molar-refractivity contribution in [2.75, 3.05) is 27.5 Å². The molecule has 1 aliphatic rings. The van der Waals surface area contributed by atoms with Crippen LogP contribution in [0, 0.1) is 5.82 Å². The topological polar surface area (TPSA) is 60.0 Å². The van der Waals surface area contributed by atoms with Crippen LogP contribution in [-0.4, -0.2) is 32.6 Å². The Morgan fingerprint density at radius 1 is 1.59 bits per heavy atom. The summed E-state index contributed by atoms with van der Waals surface area (Å²) in [6.07, 6.45) is -0.930. The van der Waals surface area contributed by atoms with E-state index in [1.807, 2.05) is 0 Å². The van der Waals surface area contributed by atoms with Crippen LogP contribution in [0.25, 0.3) is 0 Å². The van der Waals surface area contributed by atoms with E-state index in [0.717, 1.165) is 0 Å². The largest absolute Gasteiger partial charge is 0.493 e. The molecule has 0 fully saturated rings. The number of benzene rings is 1. The lowest BCUT2D eigenvalue weighted by atomic mass is 10.1. The quantitative estimate of drug-likeness (QED) is 0.819. The minimum Gasteiger partial charge on any atom is -0.493 e. The summed E-state index contributed by atoms with van der Waals surface area (Å²) >= 11 is 0. The number of methoxy groups -OCH3 is 1. The van der Waals surface area contributed by atoms with Crippen molar-refractivity contribution in [3.63, 3.8) is 0 Å². The van der Waals surface area contributed by atoms with Crippen molar-refractivity contribution < 1.29 is 23.7 Å². The highest BCUT2D eigenvalue weighted by molar-refractivity contribution is 5.57. The molecule has 0 bridgehead atoms. The van der Waals surface area contributed by atoms with Crippen molar-refractivity contribution in [2.45, 2.75) is 6.10 Å². The van der Waals surface area contributed by atoms with Gasteiger partial charge in [-0.1, -0.05) is 0 Å². The average molecular weight is 243 g/mol. The first-order valence-electron chi connectivity index (χ1n) is 5.17. The molecule has 5 nitrogen and oxygen atoms in total. The Morgan fingerprint density at radius 2 is 2.35 bits per heavy atom. The number of nitrogens with one attached hydrogen (secondary N) is 1. The maximum Gasteiger partial charge on any atom is 0.231 e. The van der Waals surface area contributed by atoms with Crippen molar-refractivity contribution in [3.8, 4) is 17.2 Å². The second kappa shape index (κ2) is 4.77. The second-order valence-corrected chi connectivity index (χ2v) is 3.61. The van der Waals surface area contributed by atoms with E-state index in [-0.39, 0.29) is 30.4 Å². The molecule has 1 unspecified atom stereocenters. The molecule has 1 heterocycles. The van der Waals surface area contributed by atoms with Crippen LogP contribution < -0.4 is 19.5 Å². The molecule has 6 heteroatoms. The molecule has 1 aliphatic heterocycles. The van der Waals surface area contributed by atoms with Gasteiger partial charge in [0.05, 0.1) is 18.8 Å². The van der Waals surface area contributed by atoms with Crippen LogP contribution in [0.2, 0.25) is 0 Å². The minimum absolute atomic E-state index is 0.0151. The van der Waals surface area contributed by atoms with Gasteiger partial charge in [-0.05, 0) is 7.05 Å². The molecule has 1 atom stereocenters. The zero-order valence-corrected chi connectivity index (χ0v) is 9.62. The summed E-state index contributed by atoms with van der Waals surface area (Å²) in [5.41, 5.74) is 0.273. The van der Waals surface area contributed by atoms with E-state index < -0.39 is 11.9 Å². The van der Waals surface area contributed by atoms with Crippen LogP contribution in [0.15, 0.2) is 6.07 Å². The van der Waals surface area contributed by atoms with Crippen molar-refractivity contribution >= 4 is 0 Å². The van der Waals surface area contributed by atoms with Crippen LogP contribution in [0.3, 0.4) is 0 Å². The zero-order chi connectivity index (χ0) is 12.4. The predicted molar refractivity (Wildman–Crippen MR) is 58.0 cm³/mol. The van der Waals surface area contributed by atoms with Crippen molar-refractivity contribution in [2.24, 2.45) is 0 Å². The monoisotopic (exact) mass is 243 g/mol. The van der Waals surface area contributed by atoms with Crippen LogP contribution in [0.1, 0.15) is 11.7 Å². The molecule has 17 heavy (non-hydrogen) atoms. The van der Waals surface area contributed by atoms with Gasteiger partial charge in [0.15, 0.2) is 23.1 Å². The van der Waals surface area contributed by atoms with E-state index in [1.165, 1.54) is 13.2 Å². The first-order valence-corrected chi connectivity index (χ1v) is 5.17. The van der Waals surface area contributed by atoms with E-state index in [2.05, 4.69) is 5.32 Å². The van der Waals surface area contributed by atoms with Crippen LogP contribution >= 0.6 is 0 Å². The molecule has 0 spiro atoms. The van der Waals surface area contributed by atoms with Gasteiger partial charge in [0.2, 0.25) is 6.79 Å². The van der Waals surface area contributed by atoms with Gasteiger partial charge in [0, 0.05) is 12.6 Å². The summed E-state index contributed by atoms with van der Waals surface area (Å²) in [4.78, 5) is 0. The van der Waals surface area contributed by atoms with Gasteiger partial charge in [-0.3, -0.25) is 0 Å². The maximum absolute atomic E-state index is 13.7. The molecular formula is C11H14FNO4. The van der Waals surface area contributed by atoms with E-state index in [0.29, 0.717) is 5.75 Å². The molecule has 0 radical (unpaired) electrons. The Labute approximate surface area is 98.1 Å². The smallest absolute Gasteiger partial charge is 0.231 e. The molecule has 2 N–H and O–H groups in total. The summed E-state index contributed by atoms with van der Waals surface area (Å²) in [5, 5.41) is 12.8. The van der Waals surface area contributed by atoms with Gasteiger partial charge in [-0.25, -0.2) is 4.39 Å². The van der Waals surface area contributed by atoms with Crippen LogP contribution in [-0.2, 0) is 0 Å². The fraction of sp³-hybridized carbons (Fsp3) is 0.455. The van der Waals surface area contributed by atoms with E-state index in [4.69, 9.17) is 14.2 Å². The third-order valence-corrected chi connectivity index (χ3v) is 2.54. The Hall–Kier alpha value is -1.53. The highest BCUT2D eigenvalue weighted by atomic mass is 19.1. The molecule has 0 saturated heterocycles. The number of aliphatic hydroxyl groups excluding tert-OH is 1. The van der Waals surface area contributed by atoms with Gasteiger partial charge >= 0.3 is 0 Å². The SMILES string of the molecule is CNCC(O)c1c(OC)c(F)cc2c1OCO2. The molecule has 0 saturated carbocycles. The van der Waals surface area contributed by atoms with Crippen molar-refractivity contribution in [1.82, 2.24) is 5.32 Å². The van der Waals surface area contributed by atoms with Crippen molar-refractivity contribution in [3.05, 3.63) is 17.4 Å².